The van der Waals surface area contributed by atoms with Crippen LogP contribution in [0.2, 0.25) is 0 Å². The summed E-state index contributed by atoms with van der Waals surface area (Å²) in [5, 5.41) is 7.65. The Labute approximate surface area is 256 Å². The Morgan fingerprint density at radius 3 is 1.91 bits per heavy atom. The third-order valence-electron chi connectivity index (χ3n) is 8.29. The summed E-state index contributed by atoms with van der Waals surface area (Å²) in [6.45, 7) is 0. The Kier molecular flexibility index (Phi) is 5.58. The number of fused-ring (bicyclic) bond motifs is 7. The molecule has 0 saturated heterocycles. The SMILES string of the molecule is c1ccc(-c2ccc(N(c3ccc4c(c3)sc3ccccc34)c3cc4c(cn3)sc3cc5ccccc5cc34)cc2)cc1. The molecule has 0 atom stereocenters. The molecule has 0 aliphatic rings. The van der Waals surface area contributed by atoms with Crippen LogP contribution in [0.1, 0.15) is 0 Å². The second-order valence-corrected chi connectivity index (χ2v) is 13.0. The second-order valence-electron chi connectivity index (χ2n) is 10.9. The first-order chi connectivity index (χ1) is 21.3. The lowest BCUT2D eigenvalue weighted by Gasteiger charge is -2.25. The first-order valence-electron chi connectivity index (χ1n) is 14.4. The molecule has 43 heavy (non-hydrogen) atoms. The summed E-state index contributed by atoms with van der Waals surface area (Å²) in [6.07, 6.45) is 2.04. The summed E-state index contributed by atoms with van der Waals surface area (Å²) >= 11 is 3.66. The smallest absolute Gasteiger partial charge is 0.138 e. The first-order valence-corrected chi connectivity index (χ1v) is 16.0. The van der Waals surface area contributed by atoms with E-state index in [0.29, 0.717) is 0 Å². The van der Waals surface area contributed by atoms with Gasteiger partial charge in [-0.3, -0.25) is 4.90 Å². The van der Waals surface area contributed by atoms with Crippen LogP contribution in [0.3, 0.4) is 0 Å². The van der Waals surface area contributed by atoms with Gasteiger partial charge < -0.3 is 0 Å². The molecule has 2 nitrogen and oxygen atoms in total. The minimum absolute atomic E-state index is 0.910. The summed E-state index contributed by atoms with van der Waals surface area (Å²) < 4.78 is 5.08. The number of aromatic nitrogens is 1. The number of hydrogen-bond acceptors (Lipinski definition) is 4. The number of rotatable bonds is 4. The summed E-state index contributed by atoms with van der Waals surface area (Å²) in [5.74, 6) is 0.910. The quantitative estimate of drug-likeness (QED) is 0.205. The van der Waals surface area contributed by atoms with Gasteiger partial charge >= 0.3 is 0 Å². The van der Waals surface area contributed by atoms with E-state index in [2.05, 4.69) is 144 Å². The van der Waals surface area contributed by atoms with Gasteiger partial charge in [-0.2, -0.15) is 0 Å². The molecular weight excluding hydrogens is 561 g/mol. The number of benzene rings is 6. The fourth-order valence-corrected chi connectivity index (χ4v) is 8.40. The Hall–Kier alpha value is -5.03. The minimum Gasteiger partial charge on any atom is -0.295 e. The maximum atomic E-state index is 5.07. The molecule has 0 amide bonds. The van der Waals surface area contributed by atoms with Crippen LogP contribution < -0.4 is 4.90 Å². The van der Waals surface area contributed by atoms with E-state index in [4.69, 9.17) is 4.98 Å². The fraction of sp³-hybridized carbons (Fsp3) is 0. The molecular formula is C39H24N2S2. The normalized spacial score (nSPS) is 11.7. The number of nitrogens with zero attached hydrogens (tertiary/aromatic N) is 2. The molecule has 0 aliphatic carbocycles. The Morgan fingerprint density at radius 1 is 0.419 bits per heavy atom. The zero-order valence-corrected chi connectivity index (χ0v) is 24.7. The highest BCUT2D eigenvalue weighted by atomic mass is 32.1. The average Bonchev–Trinajstić information content (AvgIpc) is 3.61. The van der Waals surface area contributed by atoms with E-state index in [1.165, 1.54) is 62.2 Å². The van der Waals surface area contributed by atoms with Crippen molar-refractivity contribution in [2.45, 2.75) is 0 Å². The molecule has 3 heterocycles. The van der Waals surface area contributed by atoms with Gasteiger partial charge in [-0.15, -0.1) is 22.7 Å². The van der Waals surface area contributed by atoms with Gasteiger partial charge in [-0.25, -0.2) is 4.98 Å². The predicted molar refractivity (Wildman–Crippen MR) is 188 cm³/mol. The summed E-state index contributed by atoms with van der Waals surface area (Å²) in [4.78, 5) is 7.36. The van der Waals surface area contributed by atoms with Crippen molar-refractivity contribution in [3.05, 3.63) is 146 Å². The Morgan fingerprint density at radius 2 is 1.05 bits per heavy atom. The van der Waals surface area contributed by atoms with Crippen molar-refractivity contribution in [2.24, 2.45) is 0 Å². The highest BCUT2D eigenvalue weighted by molar-refractivity contribution is 7.26. The topological polar surface area (TPSA) is 16.1 Å². The van der Waals surface area contributed by atoms with Crippen LogP contribution in [0.25, 0.3) is 62.2 Å². The summed E-state index contributed by atoms with van der Waals surface area (Å²) in [5.41, 5.74) is 4.59. The van der Waals surface area contributed by atoms with E-state index in [9.17, 15) is 0 Å². The molecule has 0 unspecified atom stereocenters. The van der Waals surface area contributed by atoms with Gasteiger partial charge in [0.1, 0.15) is 5.82 Å². The maximum absolute atomic E-state index is 5.07. The number of anilines is 3. The van der Waals surface area contributed by atoms with E-state index in [1.54, 1.807) is 0 Å². The molecule has 0 bridgehead atoms. The van der Waals surface area contributed by atoms with Crippen molar-refractivity contribution < 1.29 is 0 Å². The number of hydrogen-bond donors (Lipinski definition) is 0. The monoisotopic (exact) mass is 584 g/mol. The van der Waals surface area contributed by atoms with Gasteiger partial charge in [0.15, 0.2) is 0 Å². The zero-order valence-electron chi connectivity index (χ0n) is 23.1. The Bertz CT molecular complexity index is 2450. The molecule has 0 fully saturated rings. The lowest BCUT2D eigenvalue weighted by molar-refractivity contribution is 1.20. The molecule has 0 radical (unpaired) electrons. The number of thiophene rings is 2. The molecule has 9 aromatic rings. The van der Waals surface area contributed by atoms with Crippen molar-refractivity contribution in [3.63, 3.8) is 0 Å². The van der Waals surface area contributed by atoms with Crippen molar-refractivity contribution in [3.8, 4) is 11.1 Å². The predicted octanol–water partition coefficient (Wildman–Crippen LogP) is 12.1. The highest BCUT2D eigenvalue weighted by Crippen LogP contribution is 2.43. The molecule has 0 N–H and O–H groups in total. The van der Waals surface area contributed by atoms with Gasteiger partial charge in [0.25, 0.3) is 0 Å². The molecule has 3 aromatic heterocycles. The van der Waals surface area contributed by atoms with Crippen LogP contribution in [0.5, 0.6) is 0 Å². The van der Waals surface area contributed by atoms with Crippen LogP contribution in [0.15, 0.2) is 146 Å². The standard InChI is InChI=1S/C39H24N2S2/c1-2-8-25(9-3-1)26-14-16-29(17-15-26)41(30-18-19-32-31-12-6-7-13-35(31)42-37(32)22-30)39-23-34-33-20-27-10-4-5-11-28(27)21-36(33)43-38(34)24-40-39/h1-24H. The maximum Gasteiger partial charge on any atom is 0.138 e. The van der Waals surface area contributed by atoms with E-state index >= 15 is 0 Å². The second kappa shape index (κ2) is 9.77. The van der Waals surface area contributed by atoms with Crippen LogP contribution in [0.4, 0.5) is 17.2 Å². The lowest BCUT2D eigenvalue weighted by Crippen LogP contribution is -2.11. The van der Waals surface area contributed by atoms with Gasteiger partial charge in [0.2, 0.25) is 0 Å². The third-order valence-corrected chi connectivity index (χ3v) is 10.5. The van der Waals surface area contributed by atoms with Crippen LogP contribution in [-0.2, 0) is 0 Å². The molecule has 9 rings (SSSR count). The molecule has 0 saturated carbocycles. The first kappa shape index (κ1) is 24.6. The van der Waals surface area contributed by atoms with E-state index < -0.39 is 0 Å². The summed E-state index contributed by atoms with van der Waals surface area (Å²) in [7, 11) is 0. The van der Waals surface area contributed by atoms with Gasteiger partial charge in [-0.05, 0) is 70.4 Å². The minimum atomic E-state index is 0.910. The van der Waals surface area contributed by atoms with Crippen molar-refractivity contribution >= 4 is 91.0 Å². The molecule has 6 aromatic carbocycles. The van der Waals surface area contributed by atoms with E-state index in [1.807, 2.05) is 28.9 Å². The molecule has 0 spiro atoms. The fourth-order valence-electron chi connectivity index (χ4n) is 6.18. The largest absolute Gasteiger partial charge is 0.295 e. The summed E-state index contributed by atoms with van der Waals surface area (Å²) in [6, 6.07) is 50.4. The van der Waals surface area contributed by atoms with Gasteiger partial charge in [0, 0.05) is 53.2 Å². The average molecular weight is 585 g/mol. The highest BCUT2D eigenvalue weighted by Gasteiger charge is 2.18. The van der Waals surface area contributed by atoms with Gasteiger partial charge in [0.05, 0.1) is 4.70 Å². The molecule has 0 aliphatic heterocycles. The van der Waals surface area contributed by atoms with Crippen LogP contribution in [0, 0.1) is 0 Å². The van der Waals surface area contributed by atoms with Crippen LogP contribution >= 0.6 is 22.7 Å². The number of pyridine rings is 1. The van der Waals surface area contributed by atoms with E-state index in [-0.39, 0.29) is 0 Å². The Balaban J connectivity index is 1.24. The molecule has 4 heteroatoms. The van der Waals surface area contributed by atoms with Crippen molar-refractivity contribution in [2.75, 3.05) is 4.90 Å². The lowest BCUT2D eigenvalue weighted by atomic mass is 10.0. The zero-order chi connectivity index (χ0) is 28.3. The van der Waals surface area contributed by atoms with Crippen molar-refractivity contribution in [1.82, 2.24) is 4.98 Å². The van der Waals surface area contributed by atoms with Gasteiger partial charge in [-0.1, -0.05) is 91.0 Å². The van der Waals surface area contributed by atoms with E-state index in [0.717, 1.165) is 17.2 Å². The van der Waals surface area contributed by atoms with Crippen LogP contribution in [-0.4, -0.2) is 4.98 Å². The third kappa shape index (κ3) is 4.10. The molecule has 202 valence electrons. The van der Waals surface area contributed by atoms with Crippen molar-refractivity contribution in [1.29, 1.82) is 0 Å².